The van der Waals surface area contributed by atoms with Crippen molar-refractivity contribution in [1.82, 2.24) is 15.1 Å². The Kier molecular flexibility index (Phi) is 5.48. The summed E-state index contributed by atoms with van der Waals surface area (Å²) < 4.78 is 5.99. The Bertz CT molecular complexity index is 1070. The van der Waals surface area contributed by atoms with Crippen LogP contribution in [0.5, 0.6) is 11.5 Å². The Hall–Kier alpha value is -3.32. The molecule has 2 aromatic carbocycles. The molecular formula is C21H19ClN4O3. The molecule has 148 valence electrons. The van der Waals surface area contributed by atoms with E-state index in [4.69, 9.17) is 16.3 Å². The minimum absolute atomic E-state index is 0.0443. The Morgan fingerprint density at radius 1 is 1.03 bits per heavy atom. The molecule has 0 bridgehead atoms. The third kappa shape index (κ3) is 4.25. The third-order valence-corrected chi connectivity index (χ3v) is 5.11. The lowest BCUT2D eigenvalue weighted by atomic mass is 10.1. The fourth-order valence-electron chi connectivity index (χ4n) is 3.23. The van der Waals surface area contributed by atoms with Crippen molar-refractivity contribution in [3.63, 3.8) is 0 Å². The molecule has 0 atom stereocenters. The number of nitrogens with one attached hydrogen (secondary N) is 1. The zero-order valence-electron chi connectivity index (χ0n) is 15.5. The molecule has 7 nitrogen and oxygen atoms in total. The molecule has 1 saturated heterocycles. The average Bonchev–Trinajstić information content (AvgIpc) is 2.74. The van der Waals surface area contributed by atoms with E-state index in [1.807, 2.05) is 54.6 Å². The number of piperazine rings is 1. The highest BCUT2D eigenvalue weighted by Gasteiger charge is 2.26. The highest BCUT2D eigenvalue weighted by Crippen LogP contribution is 2.27. The van der Waals surface area contributed by atoms with Gasteiger partial charge < -0.3 is 14.5 Å². The number of anilines is 1. The van der Waals surface area contributed by atoms with Gasteiger partial charge in [0.25, 0.3) is 5.56 Å². The van der Waals surface area contributed by atoms with E-state index in [1.165, 1.54) is 6.20 Å². The number of carbonyl (C=O) groups is 1. The van der Waals surface area contributed by atoms with Gasteiger partial charge in [0.1, 0.15) is 16.5 Å². The number of hydrogen-bond acceptors (Lipinski definition) is 5. The standard InChI is InChI=1S/C21H19ClN4O3/c22-20-17(12-23-24-21(20)28)25-10-11-26(19(27)14-25)13-15-6-4-5-9-18(15)29-16-7-2-1-3-8-16/h1-9,12H,10-11,13-14H2,(H,24,28). The quantitative estimate of drug-likeness (QED) is 0.699. The van der Waals surface area contributed by atoms with Crippen LogP contribution < -0.4 is 15.2 Å². The molecule has 1 fully saturated rings. The number of benzene rings is 2. The molecule has 29 heavy (non-hydrogen) atoms. The predicted molar refractivity (Wildman–Crippen MR) is 110 cm³/mol. The predicted octanol–water partition coefficient (Wildman–Crippen LogP) is 3.06. The summed E-state index contributed by atoms with van der Waals surface area (Å²) in [6.07, 6.45) is 1.47. The SMILES string of the molecule is O=C1CN(c2cn[nH]c(=O)c2Cl)CCN1Cc1ccccc1Oc1ccccc1. The van der Waals surface area contributed by atoms with Crippen LogP contribution in [0, 0.1) is 0 Å². The Balaban J connectivity index is 1.47. The van der Waals surface area contributed by atoms with Gasteiger partial charge in [-0.3, -0.25) is 9.59 Å². The molecule has 4 rings (SSSR count). The Morgan fingerprint density at radius 3 is 2.59 bits per heavy atom. The smallest absolute Gasteiger partial charge is 0.285 e. The lowest BCUT2D eigenvalue weighted by molar-refractivity contribution is -0.131. The second-order valence-electron chi connectivity index (χ2n) is 6.66. The average molecular weight is 411 g/mol. The van der Waals surface area contributed by atoms with Gasteiger partial charge in [0, 0.05) is 25.2 Å². The molecular weight excluding hydrogens is 392 g/mol. The zero-order valence-corrected chi connectivity index (χ0v) is 16.3. The molecule has 0 radical (unpaired) electrons. The summed E-state index contributed by atoms with van der Waals surface area (Å²) in [5, 5.41) is 6.11. The number of H-pyrrole nitrogens is 1. The second-order valence-corrected chi connectivity index (χ2v) is 7.04. The van der Waals surface area contributed by atoms with Crippen molar-refractivity contribution >= 4 is 23.2 Å². The summed E-state index contributed by atoms with van der Waals surface area (Å²) in [6, 6.07) is 17.2. The highest BCUT2D eigenvalue weighted by atomic mass is 35.5. The molecule has 1 amide bonds. The highest BCUT2D eigenvalue weighted by molar-refractivity contribution is 6.33. The molecule has 0 saturated carbocycles. The Morgan fingerprint density at radius 2 is 1.79 bits per heavy atom. The number of aromatic nitrogens is 2. The lowest BCUT2D eigenvalue weighted by Gasteiger charge is -2.35. The molecule has 3 aromatic rings. The Labute approximate surface area is 172 Å². The van der Waals surface area contributed by atoms with Gasteiger partial charge in [-0.1, -0.05) is 48.0 Å². The van der Waals surface area contributed by atoms with Crippen LogP contribution in [0.1, 0.15) is 5.56 Å². The number of nitrogens with zero attached hydrogens (tertiary/aromatic N) is 3. The van der Waals surface area contributed by atoms with Gasteiger partial charge in [-0.15, -0.1) is 0 Å². The molecule has 1 aliphatic heterocycles. The van der Waals surface area contributed by atoms with Gasteiger partial charge >= 0.3 is 0 Å². The van der Waals surface area contributed by atoms with Crippen molar-refractivity contribution < 1.29 is 9.53 Å². The van der Waals surface area contributed by atoms with Crippen LogP contribution in [0.3, 0.4) is 0 Å². The first-order valence-corrected chi connectivity index (χ1v) is 9.56. The largest absolute Gasteiger partial charge is 0.457 e. The fraction of sp³-hybridized carbons (Fsp3) is 0.190. The topological polar surface area (TPSA) is 78.5 Å². The molecule has 0 unspecified atom stereocenters. The zero-order chi connectivity index (χ0) is 20.2. The van der Waals surface area contributed by atoms with E-state index in [1.54, 1.807) is 9.80 Å². The van der Waals surface area contributed by atoms with E-state index in [0.29, 0.717) is 25.3 Å². The summed E-state index contributed by atoms with van der Waals surface area (Å²) >= 11 is 6.07. The lowest BCUT2D eigenvalue weighted by Crippen LogP contribution is -2.50. The normalized spacial score (nSPS) is 14.2. The van der Waals surface area contributed by atoms with E-state index in [0.717, 1.165) is 17.1 Å². The van der Waals surface area contributed by atoms with E-state index in [-0.39, 0.29) is 17.5 Å². The fourth-order valence-corrected chi connectivity index (χ4v) is 3.44. The number of rotatable bonds is 5. The maximum absolute atomic E-state index is 12.7. The number of hydrogen-bond donors (Lipinski definition) is 1. The summed E-state index contributed by atoms with van der Waals surface area (Å²) in [6.45, 7) is 1.63. The van der Waals surface area contributed by atoms with E-state index in [2.05, 4.69) is 10.2 Å². The number of aromatic amines is 1. The van der Waals surface area contributed by atoms with Crippen molar-refractivity contribution in [1.29, 1.82) is 0 Å². The van der Waals surface area contributed by atoms with Crippen LogP contribution in [0.2, 0.25) is 5.02 Å². The maximum Gasteiger partial charge on any atom is 0.285 e. The molecule has 1 aromatic heterocycles. The van der Waals surface area contributed by atoms with Gasteiger partial charge in [0.05, 0.1) is 18.4 Å². The monoisotopic (exact) mass is 410 g/mol. The first-order chi connectivity index (χ1) is 14.1. The number of halogens is 1. The van der Waals surface area contributed by atoms with Crippen LogP contribution in [0.25, 0.3) is 0 Å². The number of para-hydroxylation sites is 2. The van der Waals surface area contributed by atoms with Gasteiger partial charge in [0.2, 0.25) is 5.91 Å². The van der Waals surface area contributed by atoms with Gasteiger partial charge in [-0.05, 0) is 18.2 Å². The molecule has 2 heterocycles. The van der Waals surface area contributed by atoms with Crippen LogP contribution in [-0.4, -0.2) is 40.6 Å². The maximum atomic E-state index is 12.7. The van der Waals surface area contributed by atoms with Gasteiger partial charge in [-0.25, -0.2) is 5.10 Å². The molecule has 0 aliphatic carbocycles. The van der Waals surface area contributed by atoms with Crippen molar-refractivity contribution in [3.8, 4) is 11.5 Å². The van der Waals surface area contributed by atoms with Crippen molar-refractivity contribution in [2.75, 3.05) is 24.5 Å². The van der Waals surface area contributed by atoms with Crippen LogP contribution in [-0.2, 0) is 11.3 Å². The number of carbonyl (C=O) groups excluding carboxylic acids is 1. The van der Waals surface area contributed by atoms with E-state index in [9.17, 15) is 9.59 Å². The number of amides is 1. The molecule has 1 aliphatic rings. The van der Waals surface area contributed by atoms with E-state index < -0.39 is 5.56 Å². The second kappa shape index (κ2) is 8.36. The summed E-state index contributed by atoms with van der Waals surface area (Å²) in [5.41, 5.74) is 0.927. The van der Waals surface area contributed by atoms with Crippen LogP contribution in [0.15, 0.2) is 65.6 Å². The van der Waals surface area contributed by atoms with Crippen molar-refractivity contribution in [2.45, 2.75) is 6.54 Å². The molecule has 1 N–H and O–H groups in total. The van der Waals surface area contributed by atoms with Crippen LogP contribution in [0.4, 0.5) is 5.69 Å². The van der Waals surface area contributed by atoms with Gasteiger partial charge in [0.15, 0.2) is 0 Å². The number of ether oxygens (including phenoxy) is 1. The summed E-state index contributed by atoms with van der Waals surface area (Å²) in [5.74, 6) is 1.41. The minimum Gasteiger partial charge on any atom is -0.457 e. The van der Waals surface area contributed by atoms with Crippen molar-refractivity contribution in [3.05, 3.63) is 81.7 Å². The third-order valence-electron chi connectivity index (χ3n) is 4.74. The van der Waals surface area contributed by atoms with Crippen LogP contribution >= 0.6 is 11.6 Å². The van der Waals surface area contributed by atoms with E-state index >= 15 is 0 Å². The minimum atomic E-state index is -0.467. The van der Waals surface area contributed by atoms with Gasteiger partial charge in [-0.2, -0.15) is 5.10 Å². The summed E-state index contributed by atoms with van der Waals surface area (Å²) in [4.78, 5) is 28.0. The first-order valence-electron chi connectivity index (χ1n) is 9.18. The summed E-state index contributed by atoms with van der Waals surface area (Å²) in [7, 11) is 0. The van der Waals surface area contributed by atoms with Crippen molar-refractivity contribution in [2.24, 2.45) is 0 Å². The first kappa shape index (κ1) is 19.0. The molecule has 8 heteroatoms. The molecule has 0 spiro atoms.